The highest BCUT2D eigenvalue weighted by Crippen LogP contribution is 2.22. The second kappa shape index (κ2) is 6.92. The molecule has 0 aliphatic heterocycles. The minimum atomic E-state index is -0.318. The molecule has 0 aromatic heterocycles. The van der Waals surface area contributed by atoms with E-state index in [0.717, 1.165) is 0 Å². The second-order valence-electron chi connectivity index (χ2n) is 4.75. The lowest BCUT2D eigenvalue weighted by atomic mass is 10.1. The Bertz CT molecular complexity index is 660. The third-order valence-electron chi connectivity index (χ3n) is 3.15. The van der Waals surface area contributed by atoms with Gasteiger partial charge in [-0.05, 0) is 23.8 Å². The Morgan fingerprint density at radius 3 is 2.52 bits per heavy atom. The zero-order valence-electron chi connectivity index (χ0n) is 11.4. The zero-order chi connectivity index (χ0) is 15.4. The van der Waals surface area contributed by atoms with Crippen LogP contribution in [-0.4, -0.2) is 17.9 Å². The van der Waals surface area contributed by atoms with Crippen LogP contribution in [-0.2, 0) is 17.8 Å². The van der Waals surface area contributed by atoms with Gasteiger partial charge in [-0.2, -0.15) is 0 Å². The van der Waals surface area contributed by atoms with Crippen molar-refractivity contribution in [2.24, 2.45) is 0 Å². The molecular formula is C16H14Cl2FNO. The van der Waals surface area contributed by atoms with Crippen molar-refractivity contribution < 1.29 is 9.18 Å². The summed E-state index contributed by atoms with van der Waals surface area (Å²) in [6, 6.07) is 11.4. The van der Waals surface area contributed by atoms with Crippen LogP contribution >= 0.6 is 23.2 Å². The molecule has 0 spiro atoms. The van der Waals surface area contributed by atoms with Gasteiger partial charge in [0.05, 0.1) is 6.42 Å². The first kappa shape index (κ1) is 15.8. The third-order valence-corrected chi connectivity index (χ3v) is 3.73. The molecule has 0 saturated carbocycles. The summed E-state index contributed by atoms with van der Waals surface area (Å²) in [6.07, 6.45) is 0.154. The molecule has 0 aliphatic carbocycles. The lowest BCUT2D eigenvalue weighted by molar-refractivity contribution is -0.129. The van der Waals surface area contributed by atoms with Gasteiger partial charge >= 0.3 is 0 Å². The van der Waals surface area contributed by atoms with Crippen LogP contribution in [0, 0.1) is 5.82 Å². The number of rotatable bonds is 4. The number of nitrogens with zero attached hydrogens (tertiary/aromatic N) is 1. The molecule has 2 rings (SSSR count). The minimum Gasteiger partial charge on any atom is -0.341 e. The van der Waals surface area contributed by atoms with Gasteiger partial charge in [-0.1, -0.05) is 47.5 Å². The molecule has 2 nitrogen and oxygen atoms in total. The van der Waals surface area contributed by atoms with Gasteiger partial charge in [0.2, 0.25) is 5.91 Å². The molecule has 0 bridgehead atoms. The predicted octanol–water partition coefficient (Wildman–Crippen LogP) is 4.33. The van der Waals surface area contributed by atoms with Gasteiger partial charge in [-0.15, -0.1) is 0 Å². The molecule has 21 heavy (non-hydrogen) atoms. The van der Waals surface area contributed by atoms with E-state index in [1.165, 1.54) is 11.0 Å². The van der Waals surface area contributed by atoms with Crippen LogP contribution in [0.25, 0.3) is 0 Å². The van der Waals surface area contributed by atoms with E-state index in [9.17, 15) is 9.18 Å². The van der Waals surface area contributed by atoms with E-state index in [2.05, 4.69) is 0 Å². The van der Waals surface area contributed by atoms with Crippen molar-refractivity contribution in [3.63, 3.8) is 0 Å². The molecule has 1 amide bonds. The van der Waals surface area contributed by atoms with Crippen molar-refractivity contribution in [1.82, 2.24) is 4.90 Å². The van der Waals surface area contributed by atoms with Crippen LogP contribution < -0.4 is 0 Å². The molecule has 2 aromatic rings. The average Bonchev–Trinajstić information content (AvgIpc) is 2.44. The maximum atomic E-state index is 13.6. The Hall–Kier alpha value is -1.58. The van der Waals surface area contributed by atoms with Crippen LogP contribution in [0.2, 0.25) is 10.0 Å². The molecule has 5 heteroatoms. The van der Waals surface area contributed by atoms with Gasteiger partial charge in [-0.25, -0.2) is 4.39 Å². The maximum absolute atomic E-state index is 13.6. The highest BCUT2D eigenvalue weighted by Gasteiger charge is 2.14. The molecule has 0 fully saturated rings. The van der Waals surface area contributed by atoms with Crippen LogP contribution in [0.1, 0.15) is 11.1 Å². The molecule has 0 atom stereocenters. The molecule has 2 aromatic carbocycles. The van der Waals surface area contributed by atoms with Crippen molar-refractivity contribution in [1.29, 1.82) is 0 Å². The van der Waals surface area contributed by atoms with Gasteiger partial charge < -0.3 is 4.90 Å². The van der Waals surface area contributed by atoms with Crippen LogP contribution in [0.5, 0.6) is 0 Å². The molecular weight excluding hydrogens is 312 g/mol. The summed E-state index contributed by atoms with van der Waals surface area (Å²) >= 11 is 11.9. The number of hydrogen-bond donors (Lipinski definition) is 0. The smallest absolute Gasteiger partial charge is 0.227 e. The summed E-state index contributed by atoms with van der Waals surface area (Å²) in [5, 5.41) is 0.978. The number of carbonyl (C=O) groups excluding carboxylic acids is 1. The van der Waals surface area contributed by atoms with Crippen molar-refractivity contribution >= 4 is 29.1 Å². The van der Waals surface area contributed by atoms with Gasteiger partial charge in [-0.3, -0.25) is 4.79 Å². The Balaban J connectivity index is 2.04. The van der Waals surface area contributed by atoms with E-state index in [4.69, 9.17) is 23.2 Å². The van der Waals surface area contributed by atoms with Gasteiger partial charge in [0.25, 0.3) is 0 Å². The lowest BCUT2D eigenvalue weighted by Gasteiger charge is -2.18. The van der Waals surface area contributed by atoms with E-state index in [0.29, 0.717) is 21.2 Å². The van der Waals surface area contributed by atoms with E-state index in [1.54, 1.807) is 43.4 Å². The highest BCUT2D eigenvalue weighted by molar-refractivity contribution is 6.35. The molecule has 0 radical (unpaired) electrons. The third kappa shape index (κ3) is 4.19. The van der Waals surface area contributed by atoms with E-state index >= 15 is 0 Å². The molecule has 0 heterocycles. The van der Waals surface area contributed by atoms with Gasteiger partial charge in [0.15, 0.2) is 0 Å². The van der Waals surface area contributed by atoms with Crippen LogP contribution in [0.4, 0.5) is 4.39 Å². The van der Waals surface area contributed by atoms with Crippen LogP contribution in [0.15, 0.2) is 42.5 Å². The number of carbonyl (C=O) groups is 1. The normalized spacial score (nSPS) is 10.5. The molecule has 0 unspecified atom stereocenters. The molecule has 0 saturated heterocycles. The number of benzene rings is 2. The fourth-order valence-corrected chi connectivity index (χ4v) is 2.41. The quantitative estimate of drug-likeness (QED) is 0.819. The van der Waals surface area contributed by atoms with E-state index in [1.807, 2.05) is 0 Å². The lowest BCUT2D eigenvalue weighted by Crippen LogP contribution is -2.28. The van der Waals surface area contributed by atoms with Crippen molar-refractivity contribution in [3.05, 3.63) is 69.5 Å². The zero-order valence-corrected chi connectivity index (χ0v) is 13.0. The second-order valence-corrected chi connectivity index (χ2v) is 5.60. The Morgan fingerprint density at radius 1 is 1.14 bits per heavy atom. The summed E-state index contributed by atoms with van der Waals surface area (Å²) in [5.41, 5.74) is 1.18. The Morgan fingerprint density at radius 2 is 1.86 bits per heavy atom. The summed E-state index contributed by atoms with van der Waals surface area (Å²) in [4.78, 5) is 13.7. The van der Waals surface area contributed by atoms with Gasteiger partial charge in [0, 0.05) is 29.2 Å². The fraction of sp³-hybridized carbons (Fsp3) is 0.188. The van der Waals surface area contributed by atoms with Crippen LogP contribution in [0.3, 0.4) is 0 Å². The molecule has 0 N–H and O–H groups in total. The predicted molar refractivity (Wildman–Crippen MR) is 83.0 cm³/mol. The monoisotopic (exact) mass is 325 g/mol. The average molecular weight is 326 g/mol. The Labute approximate surface area is 133 Å². The summed E-state index contributed by atoms with van der Waals surface area (Å²) < 4.78 is 13.6. The minimum absolute atomic E-state index is 0.137. The summed E-state index contributed by atoms with van der Waals surface area (Å²) in [7, 11) is 1.64. The number of halogens is 3. The number of hydrogen-bond acceptors (Lipinski definition) is 1. The van der Waals surface area contributed by atoms with E-state index in [-0.39, 0.29) is 24.7 Å². The largest absolute Gasteiger partial charge is 0.341 e. The van der Waals surface area contributed by atoms with Crippen molar-refractivity contribution in [3.8, 4) is 0 Å². The Kier molecular flexibility index (Phi) is 5.21. The maximum Gasteiger partial charge on any atom is 0.227 e. The number of amides is 1. The SMILES string of the molecule is CN(Cc1ccccc1F)C(=O)Cc1ccc(Cl)cc1Cl. The standard InChI is InChI=1S/C16H14Cl2FNO/c1-20(10-12-4-2-3-5-15(12)19)16(21)8-11-6-7-13(17)9-14(11)18/h2-7,9H,8,10H2,1H3. The highest BCUT2D eigenvalue weighted by atomic mass is 35.5. The topological polar surface area (TPSA) is 20.3 Å². The first-order valence-corrected chi connectivity index (χ1v) is 7.14. The fourth-order valence-electron chi connectivity index (χ4n) is 1.93. The van der Waals surface area contributed by atoms with Gasteiger partial charge in [0.1, 0.15) is 5.82 Å². The van der Waals surface area contributed by atoms with Crippen molar-refractivity contribution in [2.75, 3.05) is 7.05 Å². The first-order chi connectivity index (χ1) is 9.97. The summed E-state index contributed by atoms with van der Waals surface area (Å²) in [6.45, 7) is 0.219. The number of likely N-dealkylation sites (N-methyl/N-ethyl adjacent to an activating group) is 1. The molecule has 110 valence electrons. The molecule has 0 aliphatic rings. The summed E-state index contributed by atoms with van der Waals surface area (Å²) in [5.74, 6) is -0.454. The van der Waals surface area contributed by atoms with E-state index < -0.39 is 0 Å². The first-order valence-electron chi connectivity index (χ1n) is 6.38. The van der Waals surface area contributed by atoms with Crippen molar-refractivity contribution in [2.45, 2.75) is 13.0 Å².